The third-order valence-electron chi connectivity index (χ3n) is 10.0. The number of phosphoric ester groups is 1. The fourth-order valence-corrected chi connectivity index (χ4v) is 7.62. The van der Waals surface area contributed by atoms with Crippen molar-refractivity contribution in [1.29, 1.82) is 10.5 Å². The quantitative estimate of drug-likeness (QED) is 0.0462. The zero-order chi connectivity index (χ0) is 39.7. The molecule has 6 atom stereocenters. The third kappa shape index (κ3) is 13.3. The molecule has 14 nitrogen and oxygen atoms in total. The Morgan fingerprint density at radius 2 is 1.62 bits per heavy atom. The van der Waals surface area contributed by atoms with Crippen molar-refractivity contribution in [2.24, 2.45) is 0 Å². The Labute approximate surface area is 323 Å². The molecule has 0 bridgehead atoms. The molecule has 55 heavy (non-hydrogen) atoms. The SMILES string of the molecule is CCCCCCCCCCCCCCCCC[C@@H](COP(=O)(O)OC[C@@]1(C#N)O[C@@H](c2ccc3c(N)ncnn23)[C@H](O)[C@@H]1O)OCc1cc(F)cc(C#N)c1. The Morgan fingerprint density at radius 3 is 2.24 bits per heavy atom. The van der Waals surface area contributed by atoms with Crippen molar-refractivity contribution >= 4 is 19.2 Å². The van der Waals surface area contributed by atoms with Gasteiger partial charge in [-0.1, -0.05) is 103 Å². The number of benzene rings is 1. The summed E-state index contributed by atoms with van der Waals surface area (Å²) in [7, 11) is -4.87. The average molecular weight is 787 g/mol. The van der Waals surface area contributed by atoms with E-state index in [1.165, 1.54) is 93.6 Å². The normalized spacial score (nSPS) is 21.3. The molecule has 3 aromatic rings. The van der Waals surface area contributed by atoms with E-state index in [0.29, 0.717) is 17.5 Å². The predicted octanol–water partition coefficient (Wildman–Crippen LogP) is 7.36. The number of nitrogen functional groups attached to an aromatic ring is 1. The van der Waals surface area contributed by atoms with E-state index in [9.17, 15) is 34.6 Å². The number of halogens is 1. The number of hydrogen-bond donors (Lipinski definition) is 4. The number of aromatic nitrogens is 3. The first kappa shape index (κ1) is 44.2. The van der Waals surface area contributed by atoms with Gasteiger partial charge in [-0.15, -0.1) is 0 Å². The first-order valence-corrected chi connectivity index (χ1v) is 21.0. The maximum absolute atomic E-state index is 14.1. The number of ether oxygens (including phenoxy) is 2. The monoisotopic (exact) mass is 786 g/mol. The van der Waals surface area contributed by atoms with Crippen molar-refractivity contribution in [3.05, 3.63) is 59.3 Å². The number of aliphatic hydroxyl groups is 2. The van der Waals surface area contributed by atoms with E-state index in [4.69, 9.17) is 24.3 Å². The molecule has 3 heterocycles. The molecule has 1 fully saturated rings. The molecule has 0 aliphatic carbocycles. The number of anilines is 1. The highest BCUT2D eigenvalue weighted by molar-refractivity contribution is 7.47. The smallest absolute Gasteiger partial charge is 0.387 e. The maximum atomic E-state index is 14.1. The van der Waals surface area contributed by atoms with E-state index in [0.717, 1.165) is 31.7 Å². The fraction of sp³-hybridized carbons (Fsp3) is 0.641. The zero-order valence-electron chi connectivity index (χ0n) is 31.7. The van der Waals surface area contributed by atoms with Gasteiger partial charge in [0, 0.05) is 0 Å². The van der Waals surface area contributed by atoms with Crippen LogP contribution < -0.4 is 5.73 Å². The van der Waals surface area contributed by atoms with E-state index in [2.05, 4.69) is 17.0 Å². The van der Waals surface area contributed by atoms with Gasteiger partial charge in [0.15, 0.2) is 5.82 Å². The van der Waals surface area contributed by atoms with Crippen molar-refractivity contribution in [2.45, 2.75) is 146 Å². The number of nitriles is 2. The van der Waals surface area contributed by atoms with Crippen molar-refractivity contribution in [1.82, 2.24) is 14.6 Å². The average Bonchev–Trinajstić information content (AvgIpc) is 3.71. The van der Waals surface area contributed by atoms with E-state index in [1.807, 2.05) is 6.07 Å². The second-order valence-electron chi connectivity index (χ2n) is 14.3. The molecule has 1 aromatic carbocycles. The maximum Gasteiger partial charge on any atom is 0.472 e. The number of nitrogens with two attached hydrogens (primary N) is 1. The Bertz CT molecular complexity index is 1770. The van der Waals surface area contributed by atoms with Crippen LogP contribution in [0.25, 0.3) is 5.52 Å². The van der Waals surface area contributed by atoms with Gasteiger partial charge in [-0.05, 0) is 42.3 Å². The van der Waals surface area contributed by atoms with E-state index < -0.39 is 50.3 Å². The fourth-order valence-electron chi connectivity index (χ4n) is 6.84. The number of fused-ring (bicyclic) bond motifs is 1. The molecular formula is C39H56FN6O8P. The number of unbranched alkanes of at least 4 members (excludes halogenated alkanes) is 14. The number of rotatable bonds is 26. The largest absolute Gasteiger partial charge is 0.472 e. The summed E-state index contributed by atoms with van der Waals surface area (Å²) in [6, 6.07) is 10.7. The number of phosphoric acid groups is 1. The minimum atomic E-state index is -4.87. The molecule has 1 saturated heterocycles. The number of nitrogens with zero attached hydrogens (tertiary/aromatic N) is 5. The number of aliphatic hydroxyl groups excluding tert-OH is 2. The molecule has 0 radical (unpaired) electrons. The highest BCUT2D eigenvalue weighted by Crippen LogP contribution is 2.48. The van der Waals surface area contributed by atoms with E-state index in [1.54, 1.807) is 18.2 Å². The van der Waals surface area contributed by atoms with Crippen LogP contribution in [0.5, 0.6) is 0 Å². The third-order valence-corrected chi connectivity index (χ3v) is 10.9. The van der Waals surface area contributed by atoms with Crippen LogP contribution in [0.4, 0.5) is 10.2 Å². The van der Waals surface area contributed by atoms with Gasteiger partial charge >= 0.3 is 7.82 Å². The molecule has 4 rings (SSSR count). The number of hydrogen-bond acceptors (Lipinski definition) is 12. The molecule has 0 spiro atoms. The van der Waals surface area contributed by atoms with Crippen LogP contribution in [0.2, 0.25) is 0 Å². The van der Waals surface area contributed by atoms with Gasteiger partial charge in [-0.3, -0.25) is 9.05 Å². The minimum absolute atomic E-state index is 0.0718. The summed E-state index contributed by atoms with van der Waals surface area (Å²) in [6.07, 6.45) is 14.3. The molecule has 0 saturated carbocycles. The highest BCUT2D eigenvalue weighted by atomic mass is 31.2. The highest BCUT2D eigenvalue weighted by Gasteiger charge is 2.57. The van der Waals surface area contributed by atoms with Crippen LogP contribution in [-0.4, -0.2) is 66.8 Å². The molecule has 5 N–H and O–H groups in total. The summed E-state index contributed by atoms with van der Waals surface area (Å²) in [5.74, 6) is -0.425. The first-order valence-electron chi connectivity index (χ1n) is 19.5. The Balaban J connectivity index is 1.26. The Morgan fingerprint density at radius 1 is 0.982 bits per heavy atom. The van der Waals surface area contributed by atoms with Crippen molar-refractivity contribution < 1.29 is 42.6 Å². The van der Waals surface area contributed by atoms with Crippen molar-refractivity contribution in [3.63, 3.8) is 0 Å². The molecule has 1 aliphatic rings. The second-order valence-corrected chi connectivity index (χ2v) is 15.8. The zero-order valence-corrected chi connectivity index (χ0v) is 32.6. The van der Waals surface area contributed by atoms with Crippen LogP contribution in [0.15, 0.2) is 36.7 Å². The lowest BCUT2D eigenvalue weighted by Crippen LogP contribution is -2.45. The lowest BCUT2D eigenvalue weighted by molar-refractivity contribution is -0.0763. The minimum Gasteiger partial charge on any atom is -0.387 e. The summed E-state index contributed by atoms with van der Waals surface area (Å²) in [5.41, 5.74) is 4.88. The molecule has 16 heteroatoms. The molecule has 1 aliphatic heterocycles. The Kier molecular flexibility index (Phi) is 17.9. The van der Waals surface area contributed by atoms with Crippen LogP contribution >= 0.6 is 7.82 Å². The molecular weight excluding hydrogens is 730 g/mol. The molecule has 1 unspecified atom stereocenters. The van der Waals surface area contributed by atoms with Gasteiger partial charge in [0.2, 0.25) is 5.60 Å². The molecule has 2 aromatic heterocycles. The van der Waals surface area contributed by atoms with Gasteiger partial charge in [-0.25, -0.2) is 18.5 Å². The summed E-state index contributed by atoms with van der Waals surface area (Å²) >= 11 is 0. The molecule has 302 valence electrons. The first-order chi connectivity index (χ1) is 26.5. The van der Waals surface area contributed by atoms with Crippen molar-refractivity contribution in [2.75, 3.05) is 18.9 Å². The van der Waals surface area contributed by atoms with Gasteiger partial charge in [-0.2, -0.15) is 15.6 Å². The lowest BCUT2D eigenvalue weighted by Gasteiger charge is -2.26. The standard InChI is InChI=1S/C39H56FN6O8P/c1-2-3-4-5-6-7-8-9-10-11-12-13-14-15-16-17-32(51-24-30-20-29(23-41)21-31(40)22-30)25-52-55(49,50)53-27-39(26-42)37(48)35(47)36(54-39)33-18-19-34-38(43)44-28-45-46(33)34/h18-22,28,32,35-37,47-48H,2-17,24-25,27H2,1H3,(H,49,50)(H2,43,44,45)/t32-,35-,36-,37-,39+/m0/s1. The van der Waals surface area contributed by atoms with Crippen molar-refractivity contribution in [3.8, 4) is 12.1 Å². The van der Waals surface area contributed by atoms with E-state index in [-0.39, 0.29) is 30.3 Å². The van der Waals surface area contributed by atoms with Crippen LogP contribution in [0.3, 0.4) is 0 Å². The summed E-state index contributed by atoms with van der Waals surface area (Å²) in [5, 5.41) is 45.1. The van der Waals surface area contributed by atoms with Gasteiger partial charge < -0.3 is 30.3 Å². The molecule has 0 amide bonds. The van der Waals surface area contributed by atoms with Crippen LogP contribution in [-0.2, 0) is 29.7 Å². The van der Waals surface area contributed by atoms with Gasteiger partial charge in [0.05, 0.1) is 36.6 Å². The van der Waals surface area contributed by atoms with Gasteiger partial charge in [0.25, 0.3) is 0 Å². The van der Waals surface area contributed by atoms with Crippen LogP contribution in [0.1, 0.15) is 133 Å². The summed E-state index contributed by atoms with van der Waals surface area (Å²) in [6.45, 7) is 0.870. The summed E-state index contributed by atoms with van der Waals surface area (Å²) < 4.78 is 50.8. The Hall–Kier alpha value is -3.50. The summed E-state index contributed by atoms with van der Waals surface area (Å²) in [4.78, 5) is 14.5. The van der Waals surface area contributed by atoms with Crippen LogP contribution in [0, 0.1) is 28.5 Å². The van der Waals surface area contributed by atoms with Gasteiger partial charge in [0.1, 0.15) is 48.6 Å². The van der Waals surface area contributed by atoms with E-state index >= 15 is 0 Å². The lowest BCUT2D eigenvalue weighted by atomic mass is 9.96. The topological polar surface area (TPSA) is 218 Å². The second kappa shape index (κ2) is 22.3. The predicted molar refractivity (Wildman–Crippen MR) is 203 cm³/mol.